The number of carbonyl (C=O) groups is 1. The summed E-state index contributed by atoms with van der Waals surface area (Å²) in [6.07, 6.45) is 0.184. The van der Waals surface area contributed by atoms with Gasteiger partial charge in [-0.2, -0.15) is 0 Å². The number of halogens is 3. The van der Waals surface area contributed by atoms with E-state index < -0.39 is 17.8 Å². The Kier molecular flexibility index (Phi) is 4.70. The molecule has 1 aromatic rings. The highest BCUT2D eigenvalue weighted by Crippen LogP contribution is 2.29. The largest absolute Gasteiger partial charge is 0.481 e. The third-order valence-corrected chi connectivity index (χ3v) is 3.44. The molecule has 3 N–H and O–H groups in total. The van der Waals surface area contributed by atoms with Gasteiger partial charge in [0.2, 0.25) is 0 Å². The summed E-state index contributed by atoms with van der Waals surface area (Å²) in [6, 6.07) is 2.25. The van der Waals surface area contributed by atoms with Gasteiger partial charge in [-0.1, -0.05) is 11.6 Å². The lowest BCUT2D eigenvalue weighted by Gasteiger charge is -2.12. The molecule has 0 saturated heterocycles. The minimum absolute atomic E-state index is 0.0591. The van der Waals surface area contributed by atoms with E-state index in [-0.39, 0.29) is 22.3 Å². The number of aliphatic carboxylic acids is 1. The molecule has 3 nitrogen and oxygen atoms in total. The van der Waals surface area contributed by atoms with Gasteiger partial charge in [0.1, 0.15) is 5.82 Å². The first-order valence-electron chi connectivity index (χ1n) is 4.53. The summed E-state index contributed by atoms with van der Waals surface area (Å²) in [6.45, 7) is 0. The van der Waals surface area contributed by atoms with Crippen molar-refractivity contribution in [3.05, 3.63) is 33.0 Å². The van der Waals surface area contributed by atoms with Crippen molar-refractivity contribution in [3.8, 4) is 0 Å². The van der Waals surface area contributed by atoms with Crippen LogP contribution < -0.4 is 5.73 Å². The smallest absolute Gasteiger partial charge is 0.303 e. The van der Waals surface area contributed by atoms with Gasteiger partial charge in [-0.25, -0.2) is 4.39 Å². The first kappa shape index (κ1) is 13.4. The van der Waals surface area contributed by atoms with E-state index in [1.807, 2.05) is 0 Å². The van der Waals surface area contributed by atoms with E-state index in [2.05, 4.69) is 15.9 Å². The van der Waals surface area contributed by atoms with E-state index in [9.17, 15) is 9.18 Å². The van der Waals surface area contributed by atoms with Crippen LogP contribution >= 0.6 is 27.5 Å². The van der Waals surface area contributed by atoms with Crippen molar-refractivity contribution >= 4 is 33.5 Å². The van der Waals surface area contributed by atoms with Crippen LogP contribution in [0.2, 0.25) is 5.02 Å². The fourth-order valence-corrected chi connectivity index (χ4v) is 1.68. The van der Waals surface area contributed by atoms with Gasteiger partial charge in [0.15, 0.2) is 0 Å². The summed E-state index contributed by atoms with van der Waals surface area (Å²) >= 11 is 8.75. The van der Waals surface area contributed by atoms with Crippen LogP contribution in [0.25, 0.3) is 0 Å². The Morgan fingerprint density at radius 2 is 2.25 bits per heavy atom. The van der Waals surface area contributed by atoms with Gasteiger partial charge in [0.25, 0.3) is 0 Å². The highest BCUT2D eigenvalue weighted by atomic mass is 79.9. The molecule has 1 unspecified atom stereocenters. The molecule has 0 aliphatic carbocycles. The summed E-state index contributed by atoms with van der Waals surface area (Å²) in [5.74, 6) is -1.44. The fourth-order valence-electron chi connectivity index (χ4n) is 1.23. The Labute approximate surface area is 106 Å². The molecule has 0 bridgehead atoms. The van der Waals surface area contributed by atoms with Crippen LogP contribution in [-0.2, 0) is 4.79 Å². The van der Waals surface area contributed by atoms with Crippen LogP contribution in [0.1, 0.15) is 24.4 Å². The first-order valence-corrected chi connectivity index (χ1v) is 5.70. The van der Waals surface area contributed by atoms with E-state index in [0.29, 0.717) is 5.56 Å². The number of nitrogens with two attached hydrogens (primary N) is 1. The van der Waals surface area contributed by atoms with E-state index in [1.54, 1.807) is 0 Å². The molecule has 1 rings (SSSR count). The normalized spacial score (nSPS) is 12.5. The van der Waals surface area contributed by atoms with E-state index in [0.717, 1.165) is 0 Å². The third-order valence-electron chi connectivity index (χ3n) is 2.10. The molecule has 0 amide bonds. The number of hydrogen-bond acceptors (Lipinski definition) is 2. The molecule has 0 fully saturated rings. The molecular weight excluding hydrogens is 300 g/mol. The van der Waals surface area contributed by atoms with Crippen LogP contribution in [0.3, 0.4) is 0 Å². The van der Waals surface area contributed by atoms with Gasteiger partial charge < -0.3 is 10.8 Å². The lowest BCUT2D eigenvalue weighted by Crippen LogP contribution is -2.12. The zero-order valence-electron chi connectivity index (χ0n) is 8.21. The number of benzene rings is 1. The third kappa shape index (κ3) is 3.43. The minimum atomic E-state index is -0.931. The van der Waals surface area contributed by atoms with Crippen molar-refractivity contribution in [3.63, 3.8) is 0 Å². The second kappa shape index (κ2) is 5.61. The molecule has 6 heteroatoms. The number of carboxylic acids is 1. The number of carboxylic acid groups (broad SMARTS) is 1. The predicted octanol–water partition coefficient (Wildman–Crippen LogP) is 3.11. The molecule has 16 heavy (non-hydrogen) atoms. The maximum Gasteiger partial charge on any atom is 0.303 e. The summed E-state index contributed by atoms with van der Waals surface area (Å²) in [7, 11) is 0. The van der Waals surface area contributed by atoms with E-state index in [1.165, 1.54) is 12.1 Å². The van der Waals surface area contributed by atoms with Gasteiger partial charge in [0, 0.05) is 12.5 Å². The van der Waals surface area contributed by atoms with Crippen LogP contribution in [0.4, 0.5) is 4.39 Å². The van der Waals surface area contributed by atoms with Crippen molar-refractivity contribution in [2.24, 2.45) is 5.73 Å². The van der Waals surface area contributed by atoms with E-state index >= 15 is 0 Å². The molecule has 0 spiro atoms. The second-order valence-corrected chi connectivity index (χ2v) is 4.54. The Morgan fingerprint density at radius 3 is 2.75 bits per heavy atom. The SMILES string of the molecule is NC(CCC(=O)O)c1cc(F)c(Br)c(Cl)c1. The predicted molar refractivity (Wildman–Crippen MR) is 62.9 cm³/mol. The van der Waals surface area contributed by atoms with Gasteiger partial charge in [-0.3, -0.25) is 4.79 Å². The van der Waals surface area contributed by atoms with Crippen molar-refractivity contribution < 1.29 is 14.3 Å². The highest BCUT2D eigenvalue weighted by molar-refractivity contribution is 9.10. The van der Waals surface area contributed by atoms with Crippen LogP contribution in [0.5, 0.6) is 0 Å². The zero-order valence-corrected chi connectivity index (χ0v) is 10.6. The molecule has 0 aliphatic rings. The molecule has 0 aliphatic heterocycles. The molecule has 1 atom stereocenters. The summed E-state index contributed by atoms with van der Waals surface area (Å²) < 4.78 is 13.5. The standard InChI is InChI=1S/C10H10BrClFNO2/c11-10-6(12)3-5(4-7(10)13)8(14)1-2-9(15)16/h3-4,8H,1-2,14H2,(H,15,16). The molecule has 0 saturated carbocycles. The molecule has 0 heterocycles. The quantitative estimate of drug-likeness (QED) is 0.840. The Hall–Kier alpha value is -0.650. The van der Waals surface area contributed by atoms with Gasteiger partial charge >= 0.3 is 5.97 Å². The van der Waals surface area contributed by atoms with Crippen molar-refractivity contribution in [1.29, 1.82) is 0 Å². The Balaban J connectivity index is 2.84. The monoisotopic (exact) mass is 309 g/mol. The van der Waals surface area contributed by atoms with Gasteiger partial charge in [0.05, 0.1) is 9.50 Å². The Morgan fingerprint density at radius 1 is 1.62 bits per heavy atom. The zero-order chi connectivity index (χ0) is 12.3. The van der Waals surface area contributed by atoms with Crippen LogP contribution in [0, 0.1) is 5.82 Å². The van der Waals surface area contributed by atoms with Gasteiger partial charge in [-0.05, 0) is 40.0 Å². The summed E-state index contributed by atoms with van der Waals surface area (Å²) in [4.78, 5) is 10.4. The van der Waals surface area contributed by atoms with E-state index in [4.69, 9.17) is 22.4 Å². The molecule has 0 aromatic heterocycles. The van der Waals surface area contributed by atoms with Crippen molar-refractivity contribution in [2.75, 3.05) is 0 Å². The first-order chi connectivity index (χ1) is 7.41. The number of rotatable bonds is 4. The average Bonchev–Trinajstić information content (AvgIpc) is 2.21. The van der Waals surface area contributed by atoms with Crippen molar-refractivity contribution in [2.45, 2.75) is 18.9 Å². The minimum Gasteiger partial charge on any atom is -0.481 e. The van der Waals surface area contributed by atoms with Crippen molar-refractivity contribution in [1.82, 2.24) is 0 Å². The maximum atomic E-state index is 13.3. The molecule has 0 radical (unpaired) electrons. The Bertz CT molecular complexity index is 391. The lowest BCUT2D eigenvalue weighted by atomic mass is 10.0. The maximum absolute atomic E-state index is 13.3. The average molecular weight is 311 g/mol. The highest BCUT2D eigenvalue weighted by Gasteiger charge is 2.13. The number of hydrogen-bond donors (Lipinski definition) is 2. The second-order valence-electron chi connectivity index (χ2n) is 3.34. The fraction of sp³-hybridized carbons (Fsp3) is 0.300. The van der Waals surface area contributed by atoms with Crippen LogP contribution in [-0.4, -0.2) is 11.1 Å². The molecule has 88 valence electrons. The topological polar surface area (TPSA) is 63.3 Å². The molecule has 1 aromatic carbocycles. The summed E-state index contributed by atoms with van der Waals surface area (Å²) in [5, 5.41) is 8.72. The molecular formula is C10H10BrClFNO2. The van der Waals surface area contributed by atoms with Crippen LogP contribution in [0.15, 0.2) is 16.6 Å². The lowest BCUT2D eigenvalue weighted by molar-refractivity contribution is -0.137. The van der Waals surface area contributed by atoms with Gasteiger partial charge in [-0.15, -0.1) is 0 Å². The summed E-state index contributed by atoms with van der Waals surface area (Å²) in [5.41, 5.74) is 6.22.